The third-order valence-corrected chi connectivity index (χ3v) is 12.2. The van der Waals surface area contributed by atoms with Gasteiger partial charge in [0.25, 0.3) is 0 Å². The van der Waals surface area contributed by atoms with Gasteiger partial charge in [0.2, 0.25) is 0 Å². The summed E-state index contributed by atoms with van der Waals surface area (Å²) in [7, 11) is 0. The summed E-state index contributed by atoms with van der Waals surface area (Å²) in [5.41, 5.74) is 10.3. The lowest BCUT2D eigenvalue weighted by Crippen LogP contribution is -2.00. The van der Waals surface area contributed by atoms with Crippen molar-refractivity contribution in [2.24, 2.45) is 0 Å². The Morgan fingerprint density at radius 1 is 0.351 bits per heavy atom. The van der Waals surface area contributed by atoms with E-state index in [4.69, 9.17) is 19.4 Å². The summed E-state index contributed by atoms with van der Waals surface area (Å²) in [5.74, 6) is 1.86. The molecule has 5 nitrogen and oxygen atoms in total. The van der Waals surface area contributed by atoms with Crippen molar-refractivity contribution >= 4 is 75.3 Å². The minimum Gasteiger partial charge on any atom is -0.456 e. The lowest BCUT2D eigenvalue weighted by atomic mass is 10.0. The van der Waals surface area contributed by atoms with E-state index in [1.165, 1.54) is 42.1 Å². The molecule has 4 aromatic heterocycles. The van der Waals surface area contributed by atoms with Crippen LogP contribution in [0.5, 0.6) is 0 Å². The number of nitrogens with zero attached hydrogens (tertiary/aromatic N) is 4. The van der Waals surface area contributed by atoms with Gasteiger partial charge < -0.3 is 8.98 Å². The summed E-state index contributed by atoms with van der Waals surface area (Å²) in [6, 6.07) is 64.0. The van der Waals surface area contributed by atoms with Gasteiger partial charge in [0, 0.05) is 64.1 Å². The van der Waals surface area contributed by atoms with E-state index < -0.39 is 0 Å². The van der Waals surface area contributed by atoms with E-state index in [1.54, 1.807) is 11.3 Å². The molecule has 0 unspecified atom stereocenters. The molecule has 57 heavy (non-hydrogen) atoms. The quantitative estimate of drug-likeness (QED) is 0.176. The van der Waals surface area contributed by atoms with Crippen molar-refractivity contribution in [1.29, 1.82) is 0 Å². The van der Waals surface area contributed by atoms with Crippen molar-refractivity contribution in [3.8, 4) is 51.0 Å². The largest absolute Gasteiger partial charge is 0.456 e. The topological polar surface area (TPSA) is 56.7 Å². The number of rotatable bonds is 5. The first-order chi connectivity index (χ1) is 28.2. The highest BCUT2D eigenvalue weighted by atomic mass is 32.1. The fourth-order valence-corrected chi connectivity index (χ4v) is 9.46. The van der Waals surface area contributed by atoms with Crippen molar-refractivity contribution in [1.82, 2.24) is 19.5 Å². The summed E-state index contributed by atoms with van der Waals surface area (Å²) in [6.07, 6.45) is 0. The highest BCUT2D eigenvalue weighted by Crippen LogP contribution is 2.38. The fraction of sp³-hybridized carbons (Fsp3) is 0. The Balaban J connectivity index is 1.00. The molecule has 0 fully saturated rings. The first-order valence-corrected chi connectivity index (χ1v) is 19.8. The standard InChI is InChI=1S/C51H30N4OS/c1-2-10-31(11-3-1)33-21-26-44-41(28-33)37-12-4-7-15-43(37)55(44)36-23-18-32(19-24-36)49-52-50(34-22-27-46-42(29-34)38-13-5-8-16-45(38)56-46)54-51(53-49)35-20-25-40-39-14-6-9-17-47(39)57-48(40)30-35/h1-30H. The van der Waals surface area contributed by atoms with E-state index in [0.717, 1.165) is 55.3 Å². The Labute approximate surface area is 330 Å². The van der Waals surface area contributed by atoms with Crippen LogP contribution >= 0.6 is 11.3 Å². The van der Waals surface area contributed by atoms with Gasteiger partial charge in [0.15, 0.2) is 17.5 Å². The summed E-state index contributed by atoms with van der Waals surface area (Å²) in [4.78, 5) is 15.4. The van der Waals surface area contributed by atoms with Crippen LogP contribution in [0.15, 0.2) is 186 Å². The zero-order valence-corrected chi connectivity index (χ0v) is 31.2. The molecule has 12 aromatic rings. The second kappa shape index (κ2) is 12.6. The first-order valence-electron chi connectivity index (χ1n) is 19.0. The van der Waals surface area contributed by atoms with E-state index in [2.05, 4.69) is 156 Å². The molecule has 266 valence electrons. The maximum Gasteiger partial charge on any atom is 0.164 e. The predicted molar refractivity (Wildman–Crippen MR) is 236 cm³/mol. The molecular weight excluding hydrogens is 717 g/mol. The third-order valence-electron chi connectivity index (χ3n) is 11.1. The van der Waals surface area contributed by atoms with Gasteiger partial charge in [0.1, 0.15) is 11.2 Å². The van der Waals surface area contributed by atoms with E-state index in [9.17, 15) is 0 Å². The van der Waals surface area contributed by atoms with Crippen LogP contribution in [0, 0.1) is 0 Å². The number of para-hydroxylation sites is 2. The lowest BCUT2D eigenvalue weighted by molar-refractivity contribution is 0.669. The normalized spacial score (nSPS) is 11.9. The van der Waals surface area contributed by atoms with E-state index in [0.29, 0.717) is 17.5 Å². The molecule has 0 amide bonds. The molecule has 0 saturated heterocycles. The minimum atomic E-state index is 0.610. The third kappa shape index (κ3) is 5.19. The minimum absolute atomic E-state index is 0.610. The van der Waals surface area contributed by atoms with E-state index in [-0.39, 0.29) is 0 Å². The van der Waals surface area contributed by atoms with Crippen LogP contribution < -0.4 is 0 Å². The van der Waals surface area contributed by atoms with Crippen LogP contribution in [0.2, 0.25) is 0 Å². The average Bonchev–Trinajstić information content (AvgIpc) is 3.95. The van der Waals surface area contributed by atoms with Crippen molar-refractivity contribution in [2.45, 2.75) is 0 Å². The van der Waals surface area contributed by atoms with Gasteiger partial charge in [-0.3, -0.25) is 0 Å². The zero-order valence-electron chi connectivity index (χ0n) is 30.4. The molecule has 8 aromatic carbocycles. The molecule has 0 aliphatic carbocycles. The molecule has 0 saturated carbocycles. The summed E-state index contributed by atoms with van der Waals surface area (Å²) < 4.78 is 11.0. The Hall–Kier alpha value is -7.41. The van der Waals surface area contributed by atoms with Crippen LogP contribution in [0.4, 0.5) is 0 Å². The molecule has 12 rings (SSSR count). The molecular formula is C51H30N4OS. The van der Waals surface area contributed by atoms with Crippen LogP contribution in [0.1, 0.15) is 0 Å². The highest BCUT2D eigenvalue weighted by Gasteiger charge is 2.18. The lowest BCUT2D eigenvalue weighted by Gasteiger charge is -2.11. The number of furan rings is 1. The van der Waals surface area contributed by atoms with E-state index >= 15 is 0 Å². The Morgan fingerprint density at radius 3 is 1.77 bits per heavy atom. The molecule has 0 spiro atoms. The number of aromatic nitrogens is 4. The maximum atomic E-state index is 6.16. The summed E-state index contributed by atoms with van der Waals surface area (Å²) >= 11 is 1.79. The molecule has 0 radical (unpaired) electrons. The maximum absolute atomic E-state index is 6.16. The number of fused-ring (bicyclic) bond motifs is 9. The smallest absolute Gasteiger partial charge is 0.164 e. The molecule has 4 heterocycles. The van der Waals surface area contributed by atoms with Crippen LogP contribution in [0.25, 0.3) is 115 Å². The van der Waals surface area contributed by atoms with Gasteiger partial charge in [-0.1, -0.05) is 103 Å². The van der Waals surface area contributed by atoms with Gasteiger partial charge in [-0.05, 0) is 90.0 Å². The van der Waals surface area contributed by atoms with E-state index in [1.807, 2.05) is 30.3 Å². The SMILES string of the molecule is c1ccc(-c2ccc3c(c2)c2ccccc2n3-c2ccc(-c3nc(-c4ccc5c(c4)sc4ccccc45)nc(-c4ccc5oc6ccccc6c5c4)n3)cc2)cc1. The average molecular weight is 747 g/mol. The second-order valence-electron chi connectivity index (χ2n) is 14.4. The van der Waals surface area contributed by atoms with Gasteiger partial charge >= 0.3 is 0 Å². The van der Waals surface area contributed by atoms with Crippen LogP contribution in [0.3, 0.4) is 0 Å². The van der Waals surface area contributed by atoms with Crippen molar-refractivity contribution in [2.75, 3.05) is 0 Å². The highest BCUT2D eigenvalue weighted by molar-refractivity contribution is 7.25. The van der Waals surface area contributed by atoms with Crippen LogP contribution in [-0.4, -0.2) is 19.5 Å². The van der Waals surface area contributed by atoms with Crippen molar-refractivity contribution in [3.63, 3.8) is 0 Å². The van der Waals surface area contributed by atoms with Gasteiger partial charge in [-0.15, -0.1) is 11.3 Å². The first kappa shape index (κ1) is 31.9. The number of benzene rings is 8. The predicted octanol–water partition coefficient (Wildman–Crippen LogP) is 13.9. The molecule has 0 aliphatic rings. The van der Waals surface area contributed by atoms with Crippen molar-refractivity contribution < 1.29 is 4.42 Å². The Kier molecular flexibility index (Phi) is 7.03. The van der Waals surface area contributed by atoms with Crippen molar-refractivity contribution in [3.05, 3.63) is 182 Å². The fourth-order valence-electron chi connectivity index (χ4n) is 8.31. The number of hydrogen-bond acceptors (Lipinski definition) is 5. The second-order valence-corrected chi connectivity index (χ2v) is 15.5. The monoisotopic (exact) mass is 746 g/mol. The Morgan fingerprint density at radius 2 is 0.930 bits per heavy atom. The molecule has 6 heteroatoms. The molecule has 0 atom stereocenters. The summed E-state index contributed by atoms with van der Waals surface area (Å²) in [5, 5.41) is 7.05. The molecule has 0 N–H and O–H groups in total. The zero-order chi connectivity index (χ0) is 37.5. The van der Waals surface area contributed by atoms with Gasteiger partial charge in [-0.2, -0.15) is 0 Å². The van der Waals surface area contributed by atoms with Crippen LogP contribution in [-0.2, 0) is 0 Å². The molecule has 0 aliphatic heterocycles. The number of thiophene rings is 1. The Bertz CT molecular complexity index is 3520. The van der Waals surface area contributed by atoms with Gasteiger partial charge in [-0.25, -0.2) is 15.0 Å². The summed E-state index contributed by atoms with van der Waals surface area (Å²) in [6.45, 7) is 0. The number of hydrogen-bond donors (Lipinski definition) is 0. The molecule has 0 bridgehead atoms. The van der Waals surface area contributed by atoms with Gasteiger partial charge in [0.05, 0.1) is 11.0 Å².